The van der Waals surface area contributed by atoms with Crippen LogP contribution in [0.1, 0.15) is 24.0 Å². The molecule has 1 aromatic carbocycles. The van der Waals surface area contributed by atoms with Crippen molar-refractivity contribution in [3.8, 4) is 18.2 Å². The summed E-state index contributed by atoms with van der Waals surface area (Å²) in [6.07, 6.45) is -3.18. The number of hydrogen-bond donors (Lipinski definition) is 1. The first-order valence-corrected chi connectivity index (χ1v) is 8.97. The van der Waals surface area contributed by atoms with Crippen molar-refractivity contribution < 1.29 is 18.0 Å². The number of carbonyl (C=O) groups is 1. The highest BCUT2D eigenvalue weighted by atomic mass is 19.4. The van der Waals surface area contributed by atoms with E-state index in [1.54, 1.807) is 18.2 Å². The average Bonchev–Trinajstić information content (AvgIpc) is 2.72. The van der Waals surface area contributed by atoms with Crippen molar-refractivity contribution in [2.45, 2.75) is 19.0 Å². The molecular formula is C21H16F3N5O. The number of rotatable bonds is 1. The largest absolute Gasteiger partial charge is 0.416 e. The maximum atomic E-state index is 13.8. The molecular weight excluding hydrogens is 395 g/mol. The maximum Gasteiger partial charge on any atom is 0.416 e. The minimum absolute atomic E-state index is 0.0401. The standard InChI is InChI=1S/C21H16F3N5O/c1-12(30)29-7-6-13-15(8-25)19(28)20(10-26,11-27)18(16(13)9-29)14-4-2-3-5-17(14)21(22,23)24/h2-6,16,18H,7,9,28H2,1H3/t16-,18-/m1/s1. The Labute approximate surface area is 170 Å². The van der Waals surface area contributed by atoms with Gasteiger partial charge < -0.3 is 10.6 Å². The molecule has 0 bridgehead atoms. The second-order valence-electron chi connectivity index (χ2n) is 7.18. The van der Waals surface area contributed by atoms with Crippen molar-refractivity contribution in [2.24, 2.45) is 17.1 Å². The number of amides is 1. The molecule has 152 valence electrons. The van der Waals surface area contributed by atoms with E-state index in [0.29, 0.717) is 5.57 Å². The number of benzene rings is 1. The zero-order valence-corrected chi connectivity index (χ0v) is 15.9. The fourth-order valence-electron chi connectivity index (χ4n) is 4.31. The van der Waals surface area contributed by atoms with E-state index in [1.165, 1.54) is 30.0 Å². The molecule has 1 aliphatic heterocycles. The van der Waals surface area contributed by atoms with Crippen LogP contribution in [-0.2, 0) is 11.0 Å². The van der Waals surface area contributed by atoms with E-state index in [9.17, 15) is 33.8 Å². The number of allylic oxidation sites excluding steroid dienone is 2. The van der Waals surface area contributed by atoms with E-state index < -0.39 is 29.0 Å². The van der Waals surface area contributed by atoms with Gasteiger partial charge in [0, 0.05) is 31.8 Å². The Morgan fingerprint density at radius 2 is 1.87 bits per heavy atom. The van der Waals surface area contributed by atoms with Crippen molar-refractivity contribution in [2.75, 3.05) is 13.1 Å². The quantitative estimate of drug-likeness (QED) is 0.762. The van der Waals surface area contributed by atoms with Crippen LogP contribution in [0.2, 0.25) is 0 Å². The Kier molecular flexibility index (Phi) is 5.06. The number of nitriles is 3. The number of fused-ring (bicyclic) bond motifs is 1. The molecule has 30 heavy (non-hydrogen) atoms. The van der Waals surface area contributed by atoms with Gasteiger partial charge in [0.1, 0.15) is 6.07 Å². The topological polar surface area (TPSA) is 118 Å². The van der Waals surface area contributed by atoms with E-state index in [1.807, 2.05) is 6.07 Å². The van der Waals surface area contributed by atoms with Gasteiger partial charge in [-0.25, -0.2) is 0 Å². The summed E-state index contributed by atoms with van der Waals surface area (Å²) in [5.74, 6) is -2.52. The van der Waals surface area contributed by atoms with E-state index in [2.05, 4.69) is 0 Å². The van der Waals surface area contributed by atoms with Crippen LogP contribution in [0.5, 0.6) is 0 Å². The minimum Gasteiger partial charge on any atom is -0.399 e. The third kappa shape index (κ3) is 2.98. The Hall–Kier alpha value is -3.77. The smallest absolute Gasteiger partial charge is 0.399 e. The lowest BCUT2D eigenvalue weighted by Crippen LogP contribution is -2.49. The molecule has 0 radical (unpaired) electrons. The summed E-state index contributed by atoms with van der Waals surface area (Å²) < 4.78 is 41.4. The molecule has 0 spiro atoms. The van der Waals surface area contributed by atoms with Crippen LogP contribution < -0.4 is 5.73 Å². The van der Waals surface area contributed by atoms with Crippen LogP contribution in [0.3, 0.4) is 0 Å². The number of nitrogens with zero attached hydrogens (tertiary/aromatic N) is 4. The van der Waals surface area contributed by atoms with Crippen molar-refractivity contribution in [3.63, 3.8) is 0 Å². The molecule has 0 saturated carbocycles. The van der Waals surface area contributed by atoms with Crippen molar-refractivity contribution in [1.29, 1.82) is 15.8 Å². The summed E-state index contributed by atoms with van der Waals surface area (Å²) in [5.41, 5.74) is 2.53. The number of carbonyl (C=O) groups excluding carboxylic acids is 1. The third-order valence-corrected chi connectivity index (χ3v) is 5.71. The molecule has 9 heteroatoms. The van der Waals surface area contributed by atoms with E-state index in [0.717, 1.165) is 6.07 Å². The second kappa shape index (κ2) is 7.24. The van der Waals surface area contributed by atoms with Crippen molar-refractivity contribution >= 4 is 5.91 Å². The molecule has 3 rings (SSSR count). The molecule has 0 aromatic heterocycles. The molecule has 6 nitrogen and oxygen atoms in total. The zero-order chi connectivity index (χ0) is 22.3. The fraction of sp³-hybridized carbons (Fsp3) is 0.333. The Morgan fingerprint density at radius 3 is 2.40 bits per heavy atom. The second-order valence-corrected chi connectivity index (χ2v) is 7.18. The van der Waals surface area contributed by atoms with Crippen LogP contribution in [0.15, 0.2) is 47.2 Å². The molecule has 0 saturated heterocycles. The maximum absolute atomic E-state index is 13.8. The monoisotopic (exact) mass is 411 g/mol. The molecule has 2 atom stereocenters. The summed E-state index contributed by atoms with van der Waals surface area (Å²) >= 11 is 0. The highest BCUT2D eigenvalue weighted by Gasteiger charge is 2.56. The van der Waals surface area contributed by atoms with Gasteiger partial charge in [-0.2, -0.15) is 29.0 Å². The van der Waals surface area contributed by atoms with Gasteiger partial charge in [-0.1, -0.05) is 24.3 Å². The highest BCUT2D eigenvalue weighted by molar-refractivity contribution is 5.74. The lowest BCUT2D eigenvalue weighted by atomic mass is 9.57. The molecule has 0 fully saturated rings. The Bertz CT molecular complexity index is 1080. The first-order chi connectivity index (χ1) is 14.1. The van der Waals surface area contributed by atoms with Gasteiger partial charge in [0.25, 0.3) is 0 Å². The third-order valence-electron chi connectivity index (χ3n) is 5.71. The fourth-order valence-corrected chi connectivity index (χ4v) is 4.31. The van der Waals surface area contributed by atoms with Gasteiger partial charge in [0.15, 0.2) is 5.41 Å². The molecule has 1 aliphatic carbocycles. The Balaban J connectivity index is 2.39. The lowest BCUT2D eigenvalue weighted by Gasteiger charge is -2.46. The van der Waals surface area contributed by atoms with E-state index in [4.69, 9.17) is 5.73 Å². The van der Waals surface area contributed by atoms with Gasteiger partial charge in [0.05, 0.1) is 29.0 Å². The summed E-state index contributed by atoms with van der Waals surface area (Å²) in [4.78, 5) is 13.3. The SMILES string of the molecule is CC(=O)N1CC=C2C(C#N)=C(N)C(C#N)(C#N)[C@H](c3ccccc3C(F)(F)F)[C@@H]2C1. The van der Waals surface area contributed by atoms with Crippen molar-refractivity contribution in [1.82, 2.24) is 4.90 Å². The predicted octanol–water partition coefficient (Wildman–Crippen LogP) is 2.98. The first kappa shape index (κ1) is 21.0. The lowest BCUT2D eigenvalue weighted by molar-refractivity contribution is -0.139. The van der Waals surface area contributed by atoms with E-state index >= 15 is 0 Å². The summed E-state index contributed by atoms with van der Waals surface area (Å²) in [7, 11) is 0. The van der Waals surface area contributed by atoms with Crippen LogP contribution in [0.4, 0.5) is 13.2 Å². The van der Waals surface area contributed by atoms with Gasteiger partial charge in [-0.3, -0.25) is 4.79 Å². The molecule has 2 N–H and O–H groups in total. The van der Waals surface area contributed by atoms with Gasteiger partial charge in [-0.15, -0.1) is 0 Å². The van der Waals surface area contributed by atoms with Gasteiger partial charge >= 0.3 is 6.18 Å². The summed E-state index contributed by atoms with van der Waals surface area (Å²) in [6, 6.07) is 10.2. The first-order valence-electron chi connectivity index (χ1n) is 8.97. The van der Waals surface area contributed by atoms with Crippen molar-refractivity contribution in [3.05, 3.63) is 58.3 Å². The molecule has 2 aliphatic rings. The van der Waals surface area contributed by atoms with Crippen LogP contribution >= 0.6 is 0 Å². The molecule has 1 aromatic rings. The minimum atomic E-state index is -4.74. The number of halogens is 3. The predicted molar refractivity (Wildman–Crippen MR) is 98.5 cm³/mol. The van der Waals surface area contributed by atoms with Gasteiger partial charge in [-0.05, 0) is 17.2 Å². The molecule has 1 heterocycles. The number of hydrogen-bond acceptors (Lipinski definition) is 5. The van der Waals surface area contributed by atoms with Crippen LogP contribution in [0, 0.1) is 45.3 Å². The summed E-state index contributed by atoms with van der Waals surface area (Å²) in [6.45, 7) is 1.43. The van der Waals surface area contributed by atoms with Crippen LogP contribution in [0.25, 0.3) is 0 Å². The number of nitrogens with two attached hydrogens (primary N) is 1. The van der Waals surface area contributed by atoms with Gasteiger partial charge in [0.2, 0.25) is 5.91 Å². The van der Waals surface area contributed by atoms with Crippen LogP contribution in [-0.4, -0.2) is 23.9 Å². The highest BCUT2D eigenvalue weighted by Crippen LogP contribution is 2.55. The Morgan fingerprint density at radius 1 is 1.23 bits per heavy atom. The normalized spacial score (nSPS) is 22.8. The average molecular weight is 411 g/mol. The molecule has 1 amide bonds. The van der Waals surface area contributed by atoms with E-state index in [-0.39, 0.29) is 35.8 Å². The molecule has 0 unspecified atom stereocenters. The zero-order valence-electron chi connectivity index (χ0n) is 15.9. The summed E-state index contributed by atoms with van der Waals surface area (Å²) in [5, 5.41) is 29.5. The number of alkyl halides is 3.